The number of anilines is 1. The highest BCUT2D eigenvalue weighted by molar-refractivity contribution is 5.48. The van der Waals surface area contributed by atoms with Crippen LogP contribution in [0.3, 0.4) is 0 Å². The molecule has 0 aliphatic carbocycles. The maximum absolute atomic E-state index is 13.6. The number of pyridine rings is 1. The average molecular weight is 295 g/mol. The molecular formula is C14H9F4N3. The van der Waals surface area contributed by atoms with E-state index < -0.39 is 29.2 Å². The molecule has 2 aromatic rings. The van der Waals surface area contributed by atoms with Crippen LogP contribution < -0.4 is 4.90 Å². The first-order valence-electron chi connectivity index (χ1n) is 5.84. The van der Waals surface area contributed by atoms with Crippen molar-refractivity contribution in [3.8, 4) is 6.07 Å². The van der Waals surface area contributed by atoms with E-state index in [0.717, 1.165) is 4.90 Å². The Hall–Kier alpha value is -2.62. The van der Waals surface area contributed by atoms with Gasteiger partial charge in [0.05, 0.1) is 11.6 Å². The molecule has 0 amide bonds. The van der Waals surface area contributed by atoms with Gasteiger partial charge in [-0.05, 0) is 17.7 Å². The third-order valence-electron chi connectivity index (χ3n) is 2.86. The predicted molar refractivity (Wildman–Crippen MR) is 67.3 cm³/mol. The summed E-state index contributed by atoms with van der Waals surface area (Å²) in [6.07, 6.45) is 0. The zero-order valence-electron chi connectivity index (χ0n) is 10.9. The van der Waals surface area contributed by atoms with Crippen molar-refractivity contribution in [1.82, 2.24) is 4.98 Å². The first-order valence-corrected chi connectivity index (χ1v) is 5.84. The van der Waals surface area contributed by atoms with E-state index in [1.165, 1.54) is 19.2 Å². The molecule has 21 heavy (non-hydrogen) atoms. The zero-order chi connectivity index (χ0) is 15.6. The molecule has 0 atom stereocenters. The summed E-state index contributed by atoms with van der Waals surface area (Å²) in [6.45, 7) is 0.00242. The van der Waals surface area contributed by atoms with E-state index in [1.54, 1.807) is 12.1 Å². The molecule has 0 spiro atoms. The Labute approximate surface area is 118 Å². The van der Waals surface area contributed by atoms with Crippen molar-refractivity contribution in [2.75, 3.05) is 11.9 Å². The molecule has 0 fully saturated rings. The molecule has 0 saturated heterocycles. The number of aromatic nitrogens is 1. The van der Waals surface area contributed by atoms with Gasteiger partial charge in [-0.15, -0.1) is 0 Å². The number of hydrogen-bond donors (Lipinski definition) is 0. The van der Waals surface area contributed by atoms with Gasteiger partial charge in [0.25, 0.3) is 11.9 Å². The Morgan fingerprint density at radius 2 is 1.57 bits per heavy atom. The van der Waals surface area contributed by atoms with E-state index in [9.17, 15) is 17.6 Å². The van der Waals surface area contributed by atoms with Crippen molar-refractivity contribution >= 4 is 5.69 Å². The van der Waals surface area contributed by atoms with Crippen LogP contribution in [0.1, 0.15) is 11.1 Å². The van der Waals surface area contributed by atoms with Crippen molar-refractivity contribution in [2.45, 2.75) is 6.54 Å². The summed E-state index contributed by atoms with van der Waals surface area (Å²) in [6, 6.07) is 8.16. The molecule has 1 aromatic carbocycles. The number of hydrogen-bond acceptors (Lipinski definition) is 3. The topological polar surface area (TPSA) is 39.9 Å². The van der Waals surface area contributed by atoms with Gasteiger partial charge in [0.2, 0.25) is 11.6 Å². The molecule has 0 aliphatic rings. The Balaban J connectivity index is 2.32. The largest absolute Gasteiger partial charge is 0.365 e. The van der Waals surface area contributed by atoms with E-state index in [1.807, 2.05) is 6.07 Å². The van der Waals surface area contributed by atoms with Crippen LogP contribution >= 0.6 is 0 Å². The van der Waals surface area contributed by atoms with Gasteiger partial charge in [0.1, 0.15) is 5.69 Å². The molecule has 0 N–H and O–H groups in total. The van der Waals surface area contributed by atoms with Gasteiger partial charge in [0, 0.05) is 13.6 Å². The fourth-order valence-electron chi connectivity index (χ4n) is 1.85. The van der Waals surface area contributed by atoms with Crippen molar-refractivity contribution < 1.29 is 17.6 Å². The molecule has 2 rings (SSSR count). The van der Waals surface area contributed by atoms with Crippen LogP contribution in [0, 0.1) is 34.9 Å². The lowest BCUT2D eigenvalue weighted by molar-refractivity contribution is 0.407. The lowest BCUT2D eigenvalue weighted by Crippen LogP contribution is -2.21. The van der Waals surface area contributed by atoms with Crippen molar-refractivity contribution in [1.29, 1.82) is 5.26 Å². The summed E-state index contributed by atoms with van der Waals surface area (Å²) in [5.41, 5.74) is 0.219. The van der Waals surface area contributed by atoms with Crippen LogP contribution in [0.2, 0.25) is 0 Å². The first kappa shape index (κ1) is 14.8. The van der Waals surface area contributed by atoms with Gasteiger partial charge in [0.15, 0.2) is 0 Å². The van der Waals surface area contributed by atoms with Gasteiger partial charge >= 0.3 is 0 Å². The maximum Gasteiger partial charge on any atom is 0.253 e. The lowest BCUT2D eigenvalue weighted by Gasteiger charge is -2.20. The third-order valence-corrected chi connectivity index (χ3v) is 2.86. The molecular weight excluding hydrogens is 286 g/mol. The van der Waals surface area contributed by atoms with Gasteiger partial charge in [-0.25, -0.2) is 0 Å². The normalized spacial score (nSPS) is 10.3. The summed E-state index contributed by atoms with van der Waals surface area (Å²) in [5.74, 6) is -6.50. The SMILES string of the molecule is CN(Cc1ccc(C#N)cc1)c1c(F)c(F)nc(F)c1F. The van der Waals surface area contributed by atoms with Crippen molar-refractivity contribution in [2.24, 2.45) is 0 Å². The smallest absolute Gasteiger partial charge is 0.253 e. The Morgan fingerprint density at radius 1 is 1.05 bits per heavy atom. The highest BCUT2D eigenvalue weighted by atomic mass is 19.2. The van der Waals surface area contributed by atoms with Crippen LogP contribution in [0.25, 0.3) is 0 Å². The molecule has 0 bridgehead atoms. The second-order valence-corrected chi connectivity index (χ2v) is 4.33. The van der Waals surface area contributed by atoms with Gasteiger partial charge in [-0.1, -0.05) is 12.1 Å². The van der Waals surface area contributed by atoms with E-state index in [-0.39, 0.29) is 6.54 Å². The van der Waals surface area contributed by atoms with Gasteiger partial charge in [-0.3, -0.25) is 0 Å². The summed E-state index contributed by atoms with van der Waals surface area (Å²) in [7, 11) is 1.29. The maximum atomic E-state index is 13.6. The minimum Gasteiger partial charge on any atom is -0.365 e. The fraction of sp³-hybridized carbons (Fsp3) is 0.143. The highest BCUT2D eigenvalue weighted by Crippen LogP contribution is 2.26. The second-order valence-electron chi connectivity index (χ2n) is 4.33. The van der Waals surface area contributed by atoms with Crippen LogP contribution in [-0.4, -0.2) is 12.0 Å². The lowest BCUT2D eigenvalue weighted by atomic mass is 10.1. The molecule has 0 unspecified atom stereocenters. The number of rotatable bonds is 3. The van der Waals surface area contributed by atoms with Crippen LogP contribution in [-0.2, 0) is 6.54 Å². The van der Waals surface area contributed by atoms with E-state index >= 15 is 0 Å². The number of nitriles is 1. The van der Waals surface area contributed by atoms with Gasteiger partial charge < -0.3 is 4.90 Å². The molecule has 108 valence electrons. The average Bonchev–Trinajstić information content (AvgIpc) is 2.46. The third kappa shape index (κ3) is 2.94. The minimum absolute atomic E-state index is 0.00242. The standard InChI is InChI=1S/C14H9F4N3/c1-21(7-9-4-2-8(6-19)3-5-9)12-10(15)13(17)20-14(18)11(12)16/h2-5H,7H2,1H3. The summed E-state index contributed by atoms with van der Waals surface area (Å²) >= 11 is 0. The summed E-state index contributed by atoms with van der Waals surface area (Å²) < 4.78 is 53.3. The minimum atomic E-state index is -1.70. The number of benzene rings is 1. The zero-order valence-corrected chi connectivity index (χ0v) is 10.9. The Kier molecular flexibility index (Phi) is 4.08. The predicted octanol–water partition coefficient (Wildman–Crippen LogP) is 3.15. The number of halogens is 4. The highest BCUT2D eigenvalue weighted by Gasteiger charge is 2.23. The monoisotopic (exact) mass is 295 g/mol. The van der Waals surface area contributed by atoms with E-state index in [2.05, 4.69) is 4.98 Å². The molecule has 0 radical (unpaired) electrons. The molecule has 1 aromatic heterocycles. The quantitative estimate of drug-likeness (QED) is 0.645. The Morgan fingerprint density at radius 3 is 2.05 bits per heavy atom. The van der Waals surface area contributed by atoms with Crippen molar-refractivity contribution in [3.63, 3.8) is 0 Å². The second kappa shape index (κ2) is 5.79. The first-order chi connectivity index (χ1) is 9.93. The molecule has 0 saturated carbocycles. The van der Waals surface area contributed by atoms with E-state index in [4.69, 9.17) is 5.26 Å². The fourth-order valence-corrected chi connectivity index (χ4v) is 1.85. The molecule has 7 heteroatoms. The van der Waals surface area contributed by atoms with Crippen LogP contribution in [0.5, 0.6) is 0 Å². The Bertz CT molecular complexity index is 681. The van der Waals surface area contributed by atoms with Crippen LogP contribution in [0.4, 0.5) is 23.2 Å². The number of nitrogens with zero attached hydrogens (tertiary/aromatic N) is 3. The molecule has 3 nitrogen and oxygen atoms in total. The molecule has 1 heterocycles. The summed E-state index contributed by atoms with van der Waals surface area (Å²) in [4.78, 5) is 3.53. The van der Waals surface area contributed by atoms with Crippen molar-refractivity contribution in [3.05, 3.63) is 58.9 Å². The van der Waals surface area contributed by atoms with Gasteiger partial charge in [-0.2, -0.15) is 27.8 Å². The van der Waals surface area contributed by atoms with Crippen LogP contribution in [0.15, 0.2) is 24.3 Å². The van der Waals surface area contributed by atoms with E-state index in [0.29, 0.717) is 11.1 Å². The summed E-state index contributed by atoms with van der Waals surface area (Å²) in [5, 5.41) is 8.67. The molecule has 0 aliphatic heterocycles.